The van der Waals surface area contributed by atoms with E-state index in [4.69, 9.17) is 9.90 Å². The maximum Gasteiger partial charge on any atom is 0.490 e. The number of hydrogen-bond donors (Lipinski definition) is 3. The second-order valence-electron chi connectivity index (χ2n) is 7.29. The number of alkyl halides is 3. The van der Waals surface area contributed by atoms with Gasteiger partial charge in [0, 0.05) is 24.5 Å². The lowest BCUT2D eigenvalue weighted by atomic mass is 9.87. The third kappa shape index (κ3) is 5.72. The number of carboxylic acids is 1. The third-order valence-electron chi connectivity index (χ3n) is 5.14. The number of nitrogens with zero attached hydrogens (tertiary/aromatic N) is 3. The minimum Gasteiger partial charge on any atom is -0.475 e. The summed E-state index contributed by atoms with van der Waals surface area (Å²) in [5, 5.41) is 18.1. The number of para-hydroxylation sites is 1. The Hall–Kier alpha value is -3.14. The summed E-state index contributed by atoms with van der Waals surface area (Å²) < 4.78 is 34.0. The van der Waals surface area contributed by atoms with Gasteiger partial charge in [-0.25, -0.2) is 9.78 Å². The Balaban J connectivity index is 0.000000339. The number of aryl methyl sites for hydroxylation is 2. The Morgan fingerprint density at radius 2 is 2.00 bits per heavy atom. The summed E-state index contributed by atoms with van der Waals surface area (Å²) in [5.74, 6) is -1.18. The van der Waals surface area contributed by atoms with Crippen molar-refractivity contribution >= 4 is 5.97 Å². The van der Waals surface area contributed by atoms with Crippen LogP contribution in [0.4, 0.5) is 13.2 Å². The molecule has 0 aliphatic heterocycles. The van der Waals surface area contributed by atoms with Crippen molar-refractivity contribution in [2.45, 2.75) is 44.8 Å². The molecule has 0 bridgehead atoms. The van der Waals surface area contributed by atoms with Gasteiger partial charge in [-0.2, -0.15) is 18.3 Å². The first-order valence-electron chi connectivity index (χ1n) is 9.89. The molecular weight excluding hydrogens is 411 g/mol. The summed E-state index contributed by atoms with van der Waals surface area (Å²) in [6, 6.07) is 10.4. The molecule has 1 aliphatic rings. The molecule has 1 unspecified atom stereocenters. The number of aromatic amines is 1. The number of rotatable bonds is 5. The maximum atomic E-state index is 10.6. The second kappa shape index (κ2) is 9.78. The van der Waals surface area contributed by atoms with Crippen LogP contribution in [-0.4, -0.2) is 43.5 Å². The Kier molecular flexibility index (Phi) is 7.11. The highest BCUT2D eigenvalue weighted by atomic mass is 19.4. The first kappa shape index (κ1) is 22.5. The van der Waals surface area contributed by atoms with Crippen molar-refractivity contribution in [1.29, 1.82) is 0 Å². The summed E-state index contributed by atoms with van der Waals surface area (Å²) in [5.41, 5.74) is 5.07. The van der Waals surface area contributed by atoms with E-state index in [2.05, 4.69) is 56.3 Å². The van der Waals surface area contributed by atoms with Gasteiger partial charge in [-0.3, -0.25) is 9.67 Å². The van der Waals surface area contributed by atoms with Crippen molar-refractivity contribution in [3.8, 4) is 5.69 Å². The number of fused-ring (bicyclic) bond motifs is 1. The molecule has 0 saturated heterocycles. The highest BCUT2D eigenvalue weighted by Gasteiger charge is 2.38. The topological polar surface area (TPSA) is 95.8 Å². The van der Waals surface area contributed by atoms with Crippen molar-refractivity contribution in [3.05, 3.63) is 65.5 Å². The molecule has 1 aromatic carbocycles. The number of halogens is 3. The van der Waals surface area contributed by atoms with Crippen LogP contribution in [0.15, 0.2) is 42.7 Å². The zero-order chi connectivity index (χ0) is 22.4. The lowest BCUT2D eigenvalue weighted by Gasteiger charge is -2.22. The van der Waals surface area contributed by atoms with Gasteiger partial charge in [0.05, 0.1) is 18.1 Å². The van der Waals surface area contributed by atoms with Gasteiger partial charge in [0.25, 0.3) is 0 Å². The smallest absolute Gasteiger partial charge is 0.475 e. The summed E-state index contributed by atoms with van der Waals surface area (Å²) in [6.45, 7) is 3.85. The fraction of sp³-hybridized carbons (Fsp3) is 0.381. The molecule has 1 atom stereocenters. The van der Waals surface area contributed by atoms with Crippen LogP contribution in [-0.2, 0) is 17.8 Å². The van der Waals surface area contributed by atoms with Crippen molar-refractivity contribution in [2.24, 2.45) is 0 Å². The number of hydrogen-bond acceptors (Lipinski definition) is 4. The minimum atomic E-state index is -5.08. The van der Waals surface area contributed by atoms with Crippen LogP contribution in [0.2, 0.25) is 0 Å². The van der Waals surface area contributed by atoms with E-state index >= 15 is 0 Å². The number of nitrogens with one attached hydrogen (secondary N) is 2. The van der Waals surface area contributed by atoms with Gasteiger partial charge in [-0.05, 0) is 49.8 Å². The summed E-state index contributed by atoms with van der Waals surface area (Å²) in [7, 11) is 0. The van der Waals surface area contributed by atoms with Crippen LogP contribution in [0.5, 0.6) is 0 Å². The monoisotopic (exact) mass is 435 g/mol. The van der Waals surface area contributed by atoms with Gasteiger partial charge >= 0.3 is 12.1 Å². The van der Waals surface area contributed by atoms with Crippen molar-refractivity contribution in [1.82, 2.24) is 25.1 Å². The van der Waals surface area contributed by atoms with Gasteiger partial charge in [-0.15, -0.1) is 0 Å². The number of carboxylic acid groups (broad SMARTS) is 1. The zero-order valence-corrected chi connectivity index (χ0v) is 17.0. The molecule has 0 saturated carbocycles. The quantitative estimate of drug-likeness (QED) is 0.567. The highest BCUT2D eigenvalue weighted by Crippen LogP contribution is 2.29. The van der Waals surface area contributed by atoms with E-state index in [9.17, 15) is 13.2 Å². The molecule has 31 heavy (non-hydrogen) atoms. The van der Waals surface area contributed by atoms with Gasteiger partial charge in [-0.1, -0.05) is 18.2 Å². The van der Waals surface area contributed by atoms with Crippen LogP contribution in [0.1, 0.15) is 41.5 Å². The number of H-pyrrole nitrogens is 1. The van der Waals surface area contributed by atoms with E-state index in [1.165, 1.54) is 35.5 Å². The lowest BCUT2D eigenvalue weighted by molar-refractivity contribution is -0.192. The molecule has 2 aromatic heterocycles. The van der Waals surface area contributed by atoms with E-state index in [1.807, 2.05) is 18.5 Å². The van der Waals surface area contributed by atoms with Gasteiger partial charge in [0.2, 0.25) is 0 Å². The van der Waals surface area contributed by atoms with Crippen LogP contribution >= 0.6 is 0 Å². The fourth-order valence-electron chi connectivity index (χ4n) is 3.69. The van der Waals surface area contributed by atoms with Gasteiger partial charge in [0.1, 0.15) is 5.82 Å². The fourth-order valence-corrected chi connectivity index (χ4v) is 3.69. The van der Waals surface area contributed by atoms with E-state index in [-0.39, 0.29) is 0 Å². The molecule has 0 fully saturated rings. The molecule has 1 aliphatic carbocycles. The normalized spacial score (nSPS) is 15.7. The summed E-state index contributed by atoms with van der Waals surface area (Å²) in [4.78, 5) is 13.4. The average molecular weight is 435 g/mol. The molecule has 166 valence electrons. The molecule has 3 aromatic rings. The molecule has 0 amide bonds. The van der Waals surface area contributed by atoms with E-state index in [0.29, 0.717) is 5.92 Å². The first-order chi connectivity index (χ1) is 14.8. The molecule has 4 rings (SSSR count). The summed E-state index contributed by atoms with van der Waals surface area (Å²) >= 11 is 0. The third-order valence-corrected chi connectivity index (χ3v) is 5.14. The van der Waals surface area contributed by atoms with Crippen LogP contribution in [0.25, 0.3) is 5.69 Å². The van der Waals surface area contributed by atoms with Crippen molar-refractivity contribution in [3.63, 3.8) is 0 Å². The molecule has 0 radical (unpaired) electrons. The molecule has 2 heterocycles. The Morgan fingerprint density at radius 1 is 1.29 bits per heavy atom. The number of benzene rings is 1. The molecule has 0 spiro atoms. The average Bonchev–Trinajstić information content (AvgIpc) is 3.35. The van der Waals surface area contributed by atoms with Crippen molar-refractivity contribution < 1.29 is 23.1 Å². The van der Waals surface area contributed by atoms with Crippen molar-refractivity contribution in [2.75, 3.05) is 6.54 Å². The number of imidazole rings is 1. The second-order valence-corrected chi connectivity index (χ2v) is 7.29. The number of aromatic nitrogens is 4. The van der Waals surface area contributed by atoms with E-state index < -0.39 is 12.1 Å². The minimum absolute atomic E-state index is 0.557. The van der Waals surface area contributed by atoms with Gasteiger partial charge < -0.3 is 10.4 Å². The summed E-state index contributed by atoms with van der Waals surface area (Å²) in [6.07, 6.45) is 2.49. The zero-order valence-electron chi connectivity index (χ0n) is 17.0. The SMILES string of the molecule is Cc1ncc(CNCC2CCCc3[nH]ncc32)n1-c1ccccc1.O=C(O)C(F)(F)F. The molecule has 7 nitrogen and oxygen atoms in total. The van der Waals surface area contributed by atoms with Crippen LogP contribution < -0.4 is 5.32 Å². The van der Waals surface area contributed by atoms with Crippen LogP contribution in [0.3, 0.4) is 0 Å². The lowest BCUT2D eigenvalue weighted by Crippen LogP contribution is -2.24. The van der Waals surface area contributed by atoms with Crippen LogP contribution in [0, 0.1) is 6.92 Å². The predicted octanol–water partition coefficient (Wildman–Crippen LogP) is 3.75. The molecule has 10 heteroatoms. The Morgan fingerprint density at radius 3 is 2.68 bits per heavy atom. The largest absolute Gasteiger partial charge is 0.490 e. The standard InChI is InChI=1S/C19H23N5.C2HF3O2/c1-14-21-12-17(24(14)16-7-3-2-4-8-16)11-20-10-15-6-5-9-19-18(15)13-22-23-19;3-2(4,5)1(6)7/h2-4,7-8,12-13,15,20H,5-6,9-11H2,1H3,(H,22,23);(H,6,7). The predicted molar refractivity (Wildman–Crippen MR) is 108 cm³/mol. The Labute approximate surface area is 177 Å². The van der Waals surface area contributed by atoms with E-state index in [0.717, 1.165) is 25.3 Å². The highest BCUT2D eigenvalue weighted by molar-refractivity contribution is 5.73. The first-order valence-corrected chi connectivity index (χ1v) is 9.89. The molecule has 3 N–H and O–H groups in total. The maximum absolute atomic E-state index is 10.6. The van der Waals surface area contributed by atoms with E-state index in [1.54, 1.807) is 0 Å². The molecular formula is C21H24F3N5O2. The van der Waals surface area contributed by atoms with Gasteiger partial charge in [0.15, 0.2) is 0 Å². The number of aliphatic carboxylic acids is 1. The number of carbonyl (C=O) groups is 1. The Bertz CT molecular complexity index is 998.